The number of halogens is 1. The first-order valence-corrected chi connectivity index (χ1v) is 6.31. The fourth-order valence-corrected chi connectivity index (χ4v) is 1.84. The van der Waals surface area contributed by atoms with Gasteiger partial charge in [-0.15, -0.1) is 0 Å². The van der Waals surface area contributed by atoms with Crippen LogP contribution in [0.5, 0.6) is 5.75 Å². The van der Waals surface area contributed by atoms with Crippen LogP contribution in [0, 0.1) is 5.82 Å². The van der Waals surface area contributed by atoms with Gasteiger partial charge in [0.05, 0.1) is 0 Å². The Morgan fingerprint density at radius 2 is 2.09 bits per heavy atom. The number of carboxylic acid groups (broad SMARTS) is 1. The molecule has 2 N–H and O–H groups in total. The number of hydrogen-bond donors (Lipinski definition) is 2. The summed E-state index contributed by atoms with van der Waals surface area (Å²) in [5.74, 6) is -2.04. The maximum atomic E-state index is 13.2. The predicted octanol–water partition coefficient (Wildman–Crippen LogP) is 0.629. The van der Waals surface area contributed by atoms with E-state index in [4.69, 9.17) is 9.76 Å². The van der Waals surface area contributed by atoms with Crippen molar-refractivity contribution < 1.29 is 23.7 Å². The molecular formula is C14H12BFN2O4. The van der Waals surface area contributed by atoms with E-state index in [2.05, 4.69) is 10.3 Å². The monoisotopic (exact) mass is 302 g/mol. The molecule has 0 radical (unpaired) electrons. The number of rotatable bonds is 5. The lowest BCUT2D eigenvalue weighted by Gasteiger charge is -2.10. The van der Waals surface area contributed by atoms with Crippen LogP contribution in [0.1, 0.15) is 10.5 Å². The number of amides is 1. The molecule has 1 amide bonds. The average Bonchev–Trinajstić information content (AvgIpc) is 2.52. The molecule has 0 unspecified atom stereocenters. The summed E-state index contributed by atoms with van der Waals surface area (Å²) in [4.78, 5) is 26.3. The van der Waals surface area contributed by atoms with Crippen LogP contribution in [0.25, 0.3) is 11.1 Å². The fraction of sp³-hybridized carbons (Fsp3) is 0.0714. The van der Waals surface area contributed by atoms with E-state index in [0.717, 1.165) is 0 Å². The molecule has 8 heteroatoms. The molecule has 1 heterocycles. The van der Waals surface area contributed by atoms with Crippen molar-refractivity contribution in [1.29, 1.82) is 0 Å². The Balaban J connectivity index is 2.31. The Morgan fingerprint density at radius 1 is 1.32 bits per heavy atom. The van der Waals surface area contributed by atoms with Gasteiger partial charge in [0.2, 0.25) is 0 Å². The topological polar surface area (TPSA) is 88.5 Å². The highest BCUT2D eigenvalue weighted by atomic mass is 19.1. The van der Waals surface area contributed by atoms with Crippen molar-refractivity contribution in [2.24, 2.45) is 0 Å². The first-order valence-electron chi connectivity index (χ1n) is 6.31. The number of carboxylic acids is 1. The summed E-state index contributed by atoms with van der Waals surface area (Å²) in [5.41, 5.74) is 1.12. The molecule has 0 spiro atoms. The molecule has 1 aromatic carbocycles. The third-order valence-corrected chi connectivity index (χ3v) is 2.85. The first-order chi connectivity index (χ1) is 10.5. The zero-order chi connectivity index (χ0) is 16.1. The standard InChI is InChI=1S/C14H12BFN2O4/c15-22-11-5-9(8-2-1-3-10(16)4-8)6-17-13(11)14(21)18-7-12(19)20/h1-6H,7,15H2,(H,18,21)(H,19,20). The summed E-state index contributed by atoms with van der Waals surface area (Å²) in [6.45, 7) is -0.519. The van der Waals surface area contributed by atoms with Crippen molar-refractivity contribution in [3.63, 3.8) is 0 Å². The summed E-state index contributed by atoms with van der Waals surface area (Å²) in [5, 5.41) is 10.8. The van der Waals surface area contributed by atoms with Gasteiger partial charge in [-0.25, -0.2) is 9.37 Å². The van der Waals surface area contributed by atoms with Gasteiger partial charge in [0.15, 0.2) is 5.69 Å². The van der Waals surface area contributed by atoms with Crippen LogP contribution in [0.4, 0.5) is 4.39 Å². The van der Waals surface area contributed by atoms with E-state index in [1.54, 1.807) is 12.1 Å². The van der Waals surface area contributed by atoms with E-state index in [-0.39, 0.29) is 17.3 Å². The van der Waals surface area contributed by atoms with E-state index in [0.29, 0.717) is 11.1 Å². The molecule has 0 aliphatic heterocycles. The van der Waals surface area contributed by atoms with Crippen LogP contribution in [-0.2, 0) is 4.79 Å². The van der Waals surface area contributed by atoms with Crippen molar-refractivity contribution >= 4 is 19.9 Å². The van der Waals surface area contributed by atoms with Crippen molar-refractivity contribution in [2.45, 2.75) is 0 Å². The molecular weight excluding hydrogens is 290 g/mol. The van der Waals surface area contributed by atoms with Crippen LogP contribution in [-0.4, -0.2) is 36.6 Å². The quantitative estimate of drug-likeness (QED) is 0.791. The highest BCUT2D eigenvalue weighted by Gasteiger charge is 2.15. The Labute approximate surface area is 126 Å². The molecule has 0 bridgehead atoms. The number of carbonyl (C=O) groups is 2. The SMILES string of the molecule is BOc1cc(-c2cccc(F)c2)cnc1C(=O)NCC(=O)O. The number of carbonyl (C=O) groups excluding carboxylic acids is 1. The molecule has 0 saturated heterocycles. The van der Waals surface area contributed by atoms with E-state index in [1.807, 2.05) is 0 Å². The van der Waals surface area contributed by atoms with Crippen LogP contribution >= 0.6 is 0 Å². The van der Waals surface area contributed by atoms with E-state index < -0.39 is 18.4 Å². The Kier molecular flexibility index (Phi) is 4.72. The number of nitrogens with one attached hydrogen (secondary N) is 1. The minimum absolute atomic E-state index is 0.0381. The predicted molar refractivity (Wildman–Crippen MR) is 78.8 cm³/mol. The van der Waals surface area contributed by atoms with Crippen LogP contribution in [0.15, 0.2) is 36.5 Å². The Morgan fingerprint density at radius 3 is 2.73 bits per heavy atom. The summed E-state index contributed by atoms with van der Waals surface area (Å²) >= 11 is 0. The van der Waals surface area contributed by atoms with E-state index in [9.17, 15) is 14.0 Å². The van der Waals surface area contributed by atoms with Gasteiger partial charge in [-0.05, 0) is 23.8 Å². The van der Waals surface area contributed by atoms with Crippen LogP contribution in [0.3, 0.4) is 0 Å². The van der Waals surface area contributed by atoms with Crippen LogP contribution in [0.2, 0.25) is 0 Å². The lowest BCUT2D eigenvalue weighted by Crippen LogP contribution is -2.30. The van der Waals surface area contributed by atoms with Gasteiger partial charge in [-0.1, -0.05) is 12.1 Å². The smallest absolute Gasteiger partial charge is 0.322 e. The van der Waals surface area contributed by atoms with Gasteiger partial charge in [-0.2, -0.15) is 0 Å². The molecule has 0 aliphatic carbocycles. The molecule has 0 aliphatic rings. The molecule has 22 heavy (non-hydrogen) atoms. The first kappa shape index (κ1) is 15.5. The summed E-state index contributed by atoms with van der Waals surface area (Å²) in [6.07, 6.45) is 1.40. The van der Waals surface area contributed by atoms with Gasteiger partial charge >= 0.3 is 14.0 Å². The number of aliphatic carboxylic acids is 1. The summed E-state index contributed by atoms with van der Waals surface area (Å²) in [6, 6.07) is 7.45. The van der Waals surface area contributed by atoms with E-state index >= 15 is 0 Å². The normalized spacial score (nSPS) is 10.0. The van der Waals surface area contributed by atoms with Gasteiger partial charge in [0, 0.05) is 11.8 Å². The highest BCUT2D eigenvalue weighted by Crippen LogP contribution is 2.25. The van der Waals surface area contributed by atoms with Gasteiger partial charge in [0.1, 0.15) is 18.1 Å². The van der Waals surface area contributed by atoms with Gasteiger partial charge in [0.25, 0.3) is 5.91 Å². The van der Waals surface area contributed by atoms with E-state index in [1.165, 1.54) is 32.4 Å². The molecule has 2 rings (SSSR count). The lowest BCUT2D eigenvalue weighted by atomic mass is 10.1. The van der Waals surface area contributed by atoms with Gasteiger partial charge in [-0.3, -0.25) is 9.59 Å². The van der Waals surface area contributed by atoms with Crippen molar-refractivity contribution in [3.8, 4) is 16.9 Å². The molecule has 0 fully saturated rings. The maximum Gasteiger partial charge on any atom is 0.322 e. The number of nitrogens with zero attached hydrogens (tertiary/aromatic N) is 1. The minimum atomic E-state index is -1.16. The second-order valence-electron chi connectivity index (χ2n) is 4.36. The van der Waals surface area contributed by atoms with Crippen LogP contribution < -0.4 is 9.97 Å². The molecule has 112 valence electrons. The summed E-state index contributed by atoms with van der Waals surface area (Å²) < 4.78 is 18.3. The average molecular weight is 302 g/mol. The summed E-state index contributed by atoms with van der Waals surface area (Å²) in [7, 11) is 1.36. The Hall–Kier alpha value is -2.90. The number of aromatic nitrogens is 1. The number of benzene rings is 1. The lowest BCUT2D eigenvalue weighted by molar-refractivity contribution is -0.135. The molecule has 0 saturated carbocycles. The molecule has 6 nitrogen and oxygen atoms in total. The van der Waals surface area contributed by atoms with Crippen molar-refractivity contribution in [3.05, 3.63) is 48.0 Å². The zero-order valence-corrected chi connectivity index (χ0v) is 11.7. The number of pyridine rings is 1. The fourth-order valence-electron chi connectivity index (χ4n) is 1.84. The third kappa shape index (κ3) is 3.60. The number of hydrogen-bond acceptors (Lipinski definition) is 4. The molecule has 1 aromatic heterocycles. The van der Waals surface area contributed by atoms with Crippen molar-refractivity contribution in [1.82, 2.24) is 10.3 Å². The second kappa shape index (κ2) is 6.71. The third-order valence-electron chi connectivity index (χ3n) is 2.85. The highest BCUT2D eigenvalue weighted by molar-refractivity contribution is 6.03. The van der Waals surface area contributed by atoms with Gasteiger partial charge < -0.3 is 15.1 Å². The minimum Gasteiger partial charge on any atom is -0.566 e. The molecule has 0 atom stereocenters. The maximum absolute atomic E-state index is 13.2. The Bertz CT molecular complexity index is 724. The second-order valence-corrected chi connectivity index (χ2v) is 4.36. The van der Waals surface area contributed by atoms with Crippen molar-refractivity contribution in [2.75, 3.05) is 6.54 Å². The zero-order valence-electron chi connectivity index (χ0n) is 11.7. The largest absolute Gasteiger partial charge is 0.566 e. The molecule has 2 aromatic rings.